The molecule has 0 saturated heterocycles. The van der Waals surface area contributed by atoms with E-state index < -0.39 is 0 Å². The van der Waals surface area contributed by atoms with Crippen molar-refractivity contribution >= 4 is 38.5 Å². The van der Waals surface area contributed by atoms with Gasteiger partial charge in [0.1, 0.15) is 5.75 Å². The molecule has 2 aromatic carbocycles. The van der Waals surface area contributed by atoms with Crippen molar-refractivity contribution in [2.24, 2.45) is 0 Å². The maximum Gasteiger partial charge on any atom is 0.143 e. The van der Waals surface area contributed by atoms with Gasteiger partial charge in [0.2, 0.25) is 0 Å². The molecule has 0 atom stereocenters. The molecule has 3 heteroatoms. The predicted molar refractivity (Wildman–Crippen MR) is 74.0 cm³/mol. The van der Waals surface area contributed by atoms with E-state index in [-0.39, 0.29) is 0 Å². The standard InChI is InChI=1S/C12H8BrIO/c13-10-6-9(7-11(14)12(10)15)8-4-2-1-3-5-8/h1-7,15H. The number of phenols is 1. The minimum absolute atomic E-state index is 0.301. The number of halogens is 2. The molecule has 0 spiro atoms. The molecule has 15 heavy (non-hydrogen) atoms. The van der Waals surface area contributed by atoms with Gasteiger partial charge in [-0.05, 0) is 61.8 Å². The van der Waals surface area contributed by atoms with Gasteiger partial charge in [0.25, 0.3) is 0 Å². The van der Waals surface area contributed by atoms with E-state index in [2.05, 4.69) is 50.7 Å². The maximum atomic E-state index is 9.62. The lowest BCUT2D eigenvalue weighted by Crippen LogP contribution is -1.81. The Bertz CT molecular complexity index is 459. The van der Waals surface area contributed by atoms with Crippen LogP contribution in [-0.4, -0.2) is 5.11 Å². The van der Waals surface area contributed by atoms with Crippen LogP contribution in [0.1, 0.15) is 0 Å². The van der Waals surface area contributed by atoms with Crippen LogP contribution >= 0.6 is 38.5 Å². The van der Waals surface area contributed by atoms with Crippen LogP contribution in [0.3, 0.4) is 0 Å². The second-order valence-corrected chi connectivity index (χ2v) is 5.17. The number of benzene rings is 2. The third-order valence-corrected chi connectivity index (χ3v) is 3.55. The van der Waals surface area contributed by atoms with Crippen LogP contribution in [0.25, 0.3) is 11.1 Å². The molecule has 0 saturated carbocycles. The molecule has 0 heterocycles. The Hall–Kier alpha value is -0.550. The molecule has 2 rings (SSSR count). The zero-order valence-electron chi connectivity index (χ0n) is 7.74. The lowest BCUT2D eigenvalue weighted by molar-refractivity contribution is 0.468. The third-order valence-electron chi connectivity index (χ3n) is 2.12. The monoisotopic (exact) mass is 374 g/mol. The molecule has 0 amide bonds. The molecular weight excluding hydrogens is 367 g/mol. The van der Waals surface area contributed by atoms with Gasteiger partial charge < -0.3 is 5.11 Å². The van der Waals surface area contributed by atoms with Gasteiger partial charge in [-0.15, -0.1) is 0 Å². The molecule has 0 bridgehead atoms. The normalized spacial score (nSPS) is 10.3. The molecule has 1 N–H and O–H groups in total. The molecule has 0 aliphatic carbocycles. The first-order chi connectivity index (χ1) is 7.18. The molecule has 0 unspecified atom stereocenters. The average molecular weight is 375 g/mol. The van der Waals surface area contributed by atoms with E-state index in [0.29, 0.717) is 5.75 Å². The summed E-state index contributed by atoms with van der Waals surface area (Å²) >= 11 is 5.46. The fourth-order valence-corrected chi connectivity index (χ4v) is 2.82. The fourth-order valence-electron chi connectivity index (χ4n) is 1.36. The van der Waals surface area contributed by atoms with Gasteiger partial charge in [-0.1, -0.05) is 30.3 Å². The Kier molecular flexibility index (Phi) is 3.31. The summed E-state index contributed by atoms with van der Waals surface area (Å²) in [7, 11) is 0. The highest BCUT2D eigenvalue weighted by molar-refractivity contribution is 14.1. The van der Waals surface area contributed by atoms with Crippen LogP contribution in [0.15, 0.2) is 46.9 Å². The molecular formula is C12H8BrIO. The van der Waals surface area contributed by atoms with E-state index in [1.807, 2.05) is 30.3 Å². The first-order valence-electron chi connectivity index (χ1n) is 4.42. The second-order valence-electron chi connectivity index (χ2n) is 3.15. The highest BCUT2D eigenvalue weighted by Gasteiger charge is 2.06. The van der Waals surface area contributed by atoms with Crippen molar-refractivity contribution in [3.8, 4) is 16.9 Å². The van der Waals surface area contributed by atoms with Gasteiger partial charge in [-0.3, -0.25) is 0 Å². The van der Waals surface area contributed by atoms with Crippen molar-refractivity contribution in [1.29, 1.82) is 0 Å². The molecule has 0 fully saturated rings. The average Bonchev–Trinajstić information content (AvgIpc) is 2.26. The number of rotatable bonds is 1. The first kappa shape index (κ1) is 11.0. The summed E-state index contributed by atoms with van der Waals surface area (Å²) in [6.45, 7) is 0. The van der Waals surface area contributed by atoms with Crippen LogP contribution in [0.5, 0.6) is 5.75 Å². The summed E-state index contributed by atoms with van der Waals surface area (Å²) in [4.78, 5) is 0. The Balaban J connectivity index is 2.56. The Morgan fingerprint density at radius 1 is 1.00 bits per heavy atom. The fraction of sp³-hybridized carbons (Fsp3) is 0. The van der Waals surface area contributed by atoms with Gasteiger partial charge in [-0.25, -0.2) is 0 Å². The highest BCUT2D eigenvalue weighted by Crippen LogP contribution is 2.34. The van der Waals surface area contributed by atoms with Crippen LogP contribution in [0.2, 0.25) is 0 Å². The zero-order chi connectivity index (χ0) is 10.8. The van der Waals surface area contributed by atoms with E-state index in [1.54, 1.807) is 0 Å². The van der Waals surface area contributed by atoms with E-state index in [1.165, 1.54) is 0 Å². The SMILES string of the molecule is Oc1c(Br)cc(-c2ccccc2)cc1I. The lowest BCUT2D eigenvalue weighted by Gasteiger charge is -2.05. The number of hydrogen-bond donors (Lipinski definition) is 1. The minimum Gasteiger partial charge on any atom is -0.506 e. The summed E-state index contributed by atoms with van der Waals surface area (Å²) in [5, 5.41) is 9.62. The van der Waals surface area contributed by atoms with Gasteiger partial charge in [0, 0.05) is 0 Å². The van der Waals surface area contributed by atoms with Crippen molar-refractivity contribution in [2.45, 2.75) is 0 Å². The smallest absolute Gasteiger partial charge is 0.143 e. The van der Waals surface area contributed by atoms with Gasteiger partial charge in [-0.2, -0.15) is 0 Å². The number of hydrogen-bond acceptors (Lipinski definition) is 1. The van der Waals surface area contributed by atoms with Gasteiger partial charge in [0.15, 0.2) is 0 Å². The van der Waals surface area contributed by atoms with Crippen molar-refractivity contribution in [3.63, 3.8) is 0 Å². The van der Waals surface area contributed by atoms with E-state index in [4.69, 9.17) is 0 Å². The van der Waals surface area contributed by atoms with Crippen molar-refractivity contribution in [2.75, 3.05) is 0 Å². The molecule has 0 aliphatic heterocycles. The highest BCUT2D eigenvalue weighted by atomic mass is 127. The number of phenolic OH excluding ortho intramolecular Hbond substituents is 1. The van der Waals surface area contributed by atoms with Gasteiger partial charge in [0.05, 0.1) is 8.04 Å². The summed E-state index contributed by atoms with van der Waals surface area (Å²) in [6.07, 6.45) is 0. The topological polar surface area (TPSA) is 20.2 Å². The van der Waals surface area contributed by atoms with Crippen molar-refractivity contribution in [1.82, 2.24) is 0 Å². The third kappa shape index (κ3) is 2.34. The van der Waals surface area contributed by atoms with Crippen LogP contribution in [0, 0.1) is 3.57 Å². The molecule has 76 valence electrons. The second kappa shape index (κ2) is 4.53. The predicted octanol–water partition coefficient (Wildman–Crippen LogP) is 4.43. The summed E-state index contributed by atoms with van der Waals surface area (Å²) in [5.41, 5.74) is 2.25. The molecule has 1 nitrogen and oxygen atoms in total. The van der Waals surface area contributed by atoms with Crippen LogP contribution < -0.4 is 0 Å². The quantitative estimate of drug-likeness (QED) is 0.732. The largest absolute Gasteiger partial charge is 0.506 e. The molecule has 2 aromatic rings. The van der Waals surface area contributed by atoms with Crippen molar-refractivity contribution in [3.05, 3.63) is 50.5 Å². The van der Waals surface area contributed by atoms with E-state index in [0.717, 1.165) is 19.2 Å². The van der Waals surface area contributed by atoms with Crippen molar-refractivity contribution < 1.29 is 5.11 Å². The summed E-state index contributed by atoms with van der Waals surface area (Å²) in [5.74, 6) is 0.301. The Morgan fingerprint density at radius 3 is 2.27 bits per heavy atom. The molecule has 0 radical (unpaired) electrons. The number of aromatic hydroxyl groups is 1. The molecule has 0 aliphatic rings. The Morgan fingerprint density at radius 2 is 1.67 bits per heavy atom. The summed E-state index contributed by atoms with van der Waals surface area (Å²) < 4.78 is 1.58. The van der Waals surface area contributed by atoms with Crippen LogP contribution in [-0.2, 0) is 0 Å². The first-order valence-corrected chi connectivity index (χ1v) is 6.29. The minimum atomic E-state index is 0.301. The maximum absolute atomic E-state index is 9.62. The summed E-state index contributed by atoms with van der Waals surface area (Å²) in [6, 6.07) is 14.0. The van der Waals surface area contributed by atoms with Gasteiger partial charge >= 0.3 is 0 Å². The van der Waals surface area contributed by atoms with Crippen LogP contribution in [0.4, 0.5) is 0 Å². The Labute approximate surface area is 110 Å². The molecule has 0 aromatic heterocycles. The van der Waals surface area contributed by atoms with E-state index in [9.17, 15) is 5.11 Å². The zero-order valence-corrected chi connectivity index (χ0v) is 11.5. The lowest BCUT2D eigenvalue weighted by atomic mass is 10.1. The van der Waals surface area contributed by atoms with E-state index >= 15 is 0 Å².